The van der Waals surface area contributed by atoms with Crippen molar-refractivity contribution in [2.75, 3.05) is 27.3 Å². The number of ether oxygens (including phenoxy) is 2. The monoisotopic (exact) mass is 859 g/mol. The second kappa shape index (κ2) is 18.1. The highest BCUT2D eigenvalue weighted by atomic mass is 16.5. The molecule has 4 amide bonds. The van der Waals surface area contributed by atoms with E-state index in [-0.39, 0.29) is 35.7 Å². The van der Waals surface area contributed by atoms with Crippen molar-refractivity contribution >= 4 is 46.6 Å². The maximum Gasteiger partial charge on any atom is 0.407 e. The number of hydrogen-bond donors (Lipinski definition) is 2. The average molecular weight is 859 g/mol. The van der Waals surface area contributed by atoms with Crippen LogP contribution in [0.4, 0.5) is 9.59 Å². The van der Waals surface area contributed by atoms with Crippen LogP contribution in [0.15, 0.2) is 58.8 Å². The van der Waals surface area contributed by atoms with Gasteiger partial charge in [0.25, 0.3) is 0 Å². The number of benzene rings is 2. The van der Waals surface area contributed by atoms with E-state index in [9.17, 15) is 19.2 Å². The van der Waals surface area contributed by atoms with Crippen LogP contribution in [-0.4, -0.2) is 96.7 Å². The molecule has 2 N–H and O–H groups in total. The summed E-state index contributed by atoms with van der Waals surface area (Å²) in [6, 6.07) is 12.0. The van der Waals surface area contributed by atoms with Crippen LogP contribution in [0, 0.1) is 29.1 Å². The van der Waals surface area contributed by atoms with Crippen molar-refractivity contribution in [1.82, 2.24) is 20.4 Å². The molecular weight excluding hydrogens is 793 g/mol. The third-order valence-electron chi connectivity index (χ3n) is 14.8. The van der Waals surface area contributed by atoms with Crippen molar-refractivity contribution in [2.24, 2.45) is 39.1 Å². The average Bonchev–Trinajstić information content (AvgIpc) is 4.14. The fourth-order valence-corrected chi connectivity index (χ4v) is 11.4. The Morgan fingerprint density at radius 3 is 1.59 bits per heavy atom. The fraction of sp³-hybridized carbons (Fsp3) is 0.569. The lowest BCUT2D eigenvalue weighted by molar-refractivity contribution is -0.135. The summed E-state index contributed by atoms with van der Waals surface area (Å²) >= 11 is 0. The van der Waals surface area contributed by atoms with Gasteiger partial charge in [-0.3, -0.25) is 19.6 Å². The van der Waals surface area contributed by atoms with Crippen molar-refractivity contribution in [3.63, 3.8) is 0 Å². The largest absolute Gasteiger partial charge is 0.453 e. The molecule has 0 aromatic heterocycles. The Kier molecular flexibility index (Phi) is 12.7. The molecule has 1 saturated carbocycles. The maximum absolute atomic E-state index is 14.0. The molecule has 3 fully saturated rings. The van der Waals surface area contributed by atoms with Gasteiger partial charge in [-0.25, -0.2) is 9.59 Å². The number of carbonyl (C=O) groups excluding carboxylic acids is 4. The van der Waals surface area contributed by atoms with E-state index in [1.54, 1.807) is 0 Å². The summed E-state index contributed by atoms with van der Waals surface area (Å²) in [6.45, 7) is 13.4. The number of alkyl carbamates (subject to hydrolysis) is 2. The van der Waals surface area contributed by atoms with Gasteiger partial charge in [-0.05, 0) is 112 Å². The van der Waals surface area contributed by atoms with Crippen molar-refractivity contribution in [1.29, 1.82) is 0 Å². The lowest BCUT2D eigenvalue weighted by Gasteiger charge is -2.31. The summed E-state index contributed by atoms with van der Waals surface area (Å²) in [6.07, 6.45) is 13.1. The second-order valence-electron chi connectivity index (χ2n) is 20.1. The normalized spacial score (nSPS) is 24.6. The Labute approximate surface area is 373 Å². The Balaban J connectivity index is 0.983. The SMILES string of the molecule is COC(=O)N[C@H](C(=O)N1C[C@@H](C)C[C@H]1C1=NC=C(c2ccc(-c3ccc(C4=CN=C([C@@H]5C[C@H](C)CN5C(=O)[C@@H](NC(=O)OC)C(C)C)C4)c4c3CC3(CCCC3)C4)cc2)C1)C(C)C. The molecule has 4 aliphatic heterocycles. The first-order valence-corrected chi connectivity index (χ1v) is 23.3. The predicted molar refractivity (Wildman–Crippen MR) is 247 cm³/mol. The summed E-state index contributed by atoms with van der Waals surface area (Å²) in [5, 5.41) is 5.54. The van der Waals surface area contributed by atoms with Crippen LogP contribution < -0.4 is 10.6 Å². The molecule has 6 aliphatic rings. The van der Waals surface area contributed by atoms with Crippen LogP contribution in [0.5, 0.6) is 0 Å². The Morgan fingerprint density at radius 2 is 1.10 bits per heavy atom. The van der Waals surface area contributed by atoms with Gasteiger partial charge in [0.2, 0.25) is 11.8 Å². The van der Waals surface area contributed by atoms with Gasteiger partial charge in [0, 0.05) is 49.8 Å². The van der Waals surface area contributed by atoms with E-state index >= 15 is 0 Å². The van der Waals surface area contributed by atoms with Crippen LogP contribution in [0.2, 0.25) is 0 Å². The molecule has 336 valence electrons. The maximum atomic E-state index is 14.0. The number of methoxy groups -OCH3 is 2. The zero-order chi connectivity index (χ0) is 44.7. The van der Waals surface area contributed by atoms with Gasteiger partial charge in [-0.2, -0.15) is 0 Å². The number of carbonyl (C=O) groups is 4. The molecule has 6 atom stereocenters. The van der Waals surface area contributed by atoms with Crippen molar-refractivity contribution in [3.8, 4) is 11.1 Å². The van der Waals surface area contributed by atoms with Gasteiger partial charge in [-0.1, -0.05) is 90.8 Å². The van der Waals surface area contributed by atoms with Gasteiger partial charge in [-0.15, -0.1) is 0 Å². The molecule has 2 aliphatic carbocycles. The smallest absolute Gasteiger partial charge is 0.407 e. The highest BCUT2D eigenvalue weighted by Crippen LogP contribution is 2.53. The first kappa shape index (κ1) is 44.4. The van der Waals surface area contributed by atoms with E-state index in [0.29, 0.717) is 43.2 Å². The van der Waals surface area contributed by atoms with E-state index in [2.05, 4.69) is 60.9 Å². The zero-order valence-corrected chi connectivity index (χ0v) is 38.5. The quantitative estimate of drug-likeness (QED) is 0.232. The third-order valence-corrected chi connectivity index (χ3v) is 14.8. The zero-order valence-electron chi connectivity index (χ0n) is 38.5. The van der Waals surface area contributed by atoms with E-state index in [0.717, 1.165) is 48.2 Å². The van der Waals surface area contributed by atoms with Crippen molar-refractivity contribution < 1.29 is 28.7 Å². The topological polar surface area (TPSA) is 142 Å². The highest BCUT2D eigenvalue weighted by molar-refractivity contribution is 6.05. The number of hydrogen-bond acceptors (Lipinski definition) is 8. The highest BCUT2D eigenvalue weighted by Gasteiger charge is 2.45. The molecule has 0 unspecified atom stereocenters. The molecule has 2 aromatic carbocycles. The number of amides is 4. The molecule has 2 aromatic rings. The number of likely N-dealkylation sites (tertiary alicyclic amines) is 2. The van der Waals surface area contributed by atoms with E-state index in [1.165, 1.54) is 73.3 Å². The summed E-state index contributed by atoms with van der Waals surface area (Å²) in [5.41, 5.74) is 12.5. The molecule has 0 radical (unpaired) electrons. The molecule has 4 heterocycles. The predicted octanol–water partition coefficient (Wildman–Crippen LogP) is 8.62. The lowest BCUT2D eigenvalue weighted by atomic mass is 9.82. The number of nitrogens with zero attached hydrogens (tertiary/aromatic N) is 4. The minimum absolute atomic E-state index is 0.0780. The third kappa shape index (κ3) is 8.83. The molecule has 63 heavy (non-hydrogen) atoms. The first-order valence-electron chi connectivity index (χ1n) is 23.3. The summed E-state index contributed by atoms with van der Waals surface area (Å²) in [5.74, 6) is 0.301. The van der Waals surface area contributed by atoms with Gasteiger partial charge in [0.05, 0.1) is 26.3 Å². The van der Waals surface area contributed by atoms with Crippen LogP contribution >= 0.6 is 0 Å². The Morgan fingerprint density at radius 1 is 0.651 bits per heavy atom. The molecule has 2 saturated heterocycles. The van der Waals surface area contributed by atoms with Gasteiger partial charge >= 0.3 is 12.2 Å². The lowest BCUT2D eigenvalue weighted by Crippen LogP contribution is -2.53. The second-order valence-corrected chi connectivity index (χ2v) is 20.1. The molecule has 12 heteroatoms. The minimum Gasteiger partial charge on any atom is -0.453 e. The van der Waals surface area contributed by atoms with Gasteiger partial charge in [0.1, 0.15) is 12.1 Å². The van der Waals surface area contributed by atoms with Gasteiger partial charge < -0.3 is 29.9 Å². The fourth-order valence-electron chi connectivity index (χ4n) is 11.4. The standard InChI is InChI=1S/C51H66N6O6/c1-29(2)45(54-49(60)62-7)47(58)56-27-31(5)19-43(56)41-21-35(25-52-41)33-11-13-34(14-12-33)37-15-16-38(40-24-51(23-39(37)40)17-9-10-18-51)36-22-42(53-26-36)44-20-32(6)28-57(44)48(59)46(30(3)4)55-50(61)63-8/h11-16,25-26,29-32,43-46H,9-10,17-24,27-28H2,1-8H3,(H,54,60)(H,55,61)/t31-,32-,43-,44-,45-,46-/m0/s1. The molecular formula is C51H66N6O6. The number of nitrogens with one attached hydrogen (secondary N) is 2. The van der Waals surface area contributed by atoms with Crippen LogP contribution in [-0.2, 0) is 31.9 Å². The number of aliphatic imine (C=N–C) groups is 2. The molecule has 0 bridgehead atoms. The molecule has 1 spiro atoms. The summed E-state index contributed by atoms with van der Waals surface area (Å²) in [4.78, 5) is 66.0. The first-order chi connectivity index (χ1) is 30.2. The Bertz CT molecular complexity index is 2250. The van der Waals surface area contributed by atoms with Crippen LogP contribution in [0.3, 0.4) is 0 Å². The summed E-state index contributed by atoms with van der Waals surface area (Å²) in [7, 11) is 2.64. The van der Waals surface area contributed by atoms with Crippen LogP contribution in [0.25, 0.3) is 22.3 Å². The van der Waals surface area contributed by atoms with E-state index < -0.39 is 24.3 Å². The molecule has 12 nitrogen and oxygen atoms in total. The number of allylic oxidation sites excluding steroid dienone is 2. The molecule has 8 rings (SSSR count). The minimum atomic E-state index is -0.669. The van der Waals surface area contributed by atoms with E-state index in [4.69, 9.17) is 19.5 Å². The summed E-state index contributed by atoms with van der Waals surface area (Å²) < 4.78 is 9.69. The van der Waals surface area contributed by atoms with Crippen molar-refractivity contribution in [3.05, 3.63) is 71.1 Å². The Hall–Kier alpha value is -5.26. The van der Waals surface area contributed by atoms with Crippen LogP contribution in [0.1, 0.15) is 115 Å². The number of rotatable bonds is 11. The van der Waals surface area contributed by atoms with Gasteiger partial charge in [0.15, 0.2) is 0 Å². The van der Waals surface area contributed by atoms with E-state index in [1.807, 2.05) is 49.9 Å². The van der Waals surface area contributed by atoms with Crippen molar-refractivity contribution in [2.45, 2.75) is 130 Å². The number of fused-ring (bicyclic) bond motifs is 1.